The van der Waals surface area contributed by atoms with Gasteiger partial charge in [-0.15, -0.1) is 0 Å². The Kier molecular flexibility index (Phi) is 6.52. The highest BCUT2D eigenvalue weighted by Crippen LogP contribution is 2.23. The van der Waals surface area contributed by atoms with Crippen LogP contribution >= 0.6 is 11.6 Å². The average Bonchev–Trinajstić information content (AvgIpc) is 2.69. The Morgan fingerprint density at radius 1 is 0.889 bits per heavy atom. The molecule has 0 aliphatic rings. The van der Waals surface area contributed by atoms with Crippen LogP contribution in [0.25, 0.3) is 11.1 Å². The van der Waals surface area contributed by atoms with Crippen LogP contribution in [-0.4, -0.2) is 6.61 Å². The molecule has 0 fully saturated rings. The second-order valence-corrected chi connectivity index (χ2v) is 6.61. The molecule has 0 saturated heterocycles. The van der Waals surface area contributed by atoms with Gasteiger partial charge in [0.05, 0.1) is 12.2 Å². The number of hydrogen-bond acceptors (Lipinski definition) is 1. The molecule has 3 aromatic carbocycles. The summed E-state index contributed by atoms with van der Waals surface area (Å²) < 4.78 is 19.5. The molecule has 0 unspecified atom stereocenters. The zero-order valence-corrected chi connectivity index (χ0v) is 15.9. The van der Waals surface area contributed by atoms with Crippen molar-refractivity contribution >= 4 is 11.6 Å². The Hall–Kier alpha value is -2.76. The fourth-order valence-corrected chi connectivity index (χ4v) is 2.71. The zero-order chi connectivity index (χ0) is 19.1. The first-order valence-electron chi connectivity index (χ1n) is 8.96. The molecule has 27 heavy (non-hydrogen) atoms. The fourth-order valence-electron chi connectivity index (χ4n) is 2.55. The third-order valence-corrected chi connectivity index (χ3v) is 4.35. The lowest BCUT2D eigenvalue weighted by molar-refractivity contribution is 0.309. The summed E-state index contributed by atoms with van der Waals surface area (Å²) in [4.78, 5) is 0. The van der Waals surface area contributed by atoms with Gasteiger partial charge in [-0.1, -0.05) is 61.1 Å². The van der Waals surface area contributed by atoms with Crippen LogP contribution in [0, 0.1) is 17.7 Å². The Labute approximate surface area is 164 Å². The normalized spacial score (nSPS) is 10.2. The Balaban J connectivity index is 1.69. The molecule has 0 atom stereocenters. The van der Waals surface area contributed by atoms with Gasteiger partial charge in [0.2, 0.25) is 0 Å². The average molecular weight is 379 g/mol. The van der Waals surface area contributed by atoms with Crippen molar-refractivity contribution in [2.75, 3.05) is 6.61 Å². The van der Waals surface area contributed by atoms with E-state index in [4.69, 9.17) is 16.3 Å². The summed E-state index contributed by atoms with van der Waals surface area (Å²) in [7, 11) is 0. The van der Waals surface area contributed by atoms with Crippen molar-refractivity contribution < 1.29 is 9.13 Å². The number of halogens is 2. The molecule has 1 nitrogen and oxygen atoms in total. The molecule has 0 bridgehead atoms. The smallest absolute Gasteiger partial charge is 0.140 e. The van der Waals surface area contributed by atoms with Crippen molar-refractivity contribution in [2.45, 2.75) is 19.8 Å². The minimum atomic E-state index is -0.409. The molecule has 0 aliphatic heterocycles. The van der Waals surface area contributed by atoms with Crippen molar-refractivity contribution in [1.82, 2.24) is 0 Å². The molecule has 0 radical (unpaired) electrons. The van der Waals surface area contributed by atoms with Gasteiger partial charge in [0.25, 0.3) is 0 Å². The lowest BCUT2D eigenvalue weighted by Gasteiger charge is -2.07. The van der Waals surface area contributed by atoms with Crippen LogP contribution in [0.4, 0.5) is 4.39 Å². The summed E-state index contributed by atoms with van der Waals surface area (Å²) in [6.07, 6.45) is 2.18. The van der Waals surface area contributed by atoms with E-state index < -0.39 is 5.82 Å². The molecule has 0 N–H and O–H groups in total. The van der Waals surface area contributed by atoms with Gasteiger partial charge < -0.3 is 4.74 Å². The SMILES string of the molecule is CCCCOc1ccc(-c2ccc(C#Cc3ccc(Cl)cc3F)cc2)cc1. The molecule has 0 spiro atoms. The van der Waals surface area contributed by atoms with Crippen LogP contribution in [0.2, 0.25) is 5.02 Å². The molecule has 3 heteroatoms. The van der Waals surface area contributed by atoms with Crippen LogP contribution in [0.1, 0.15) is 30.9 Å². The van der Waals surface area contributed by atoms with Gasteiger partial charge in [-0.3, -0.25) is 0 Å². The Morgan fingerprint density at radius 2 is 1.56 bits per heavy atom. The highest BCUT2D eigenvalue weighted by molar-refractivity contribution is 6.30. The maximum absolute atomic E-state index is 13.8. The molecule has 0 saturated carbocycles. The van der Waals surface area contributed by atoms with Crippen molar-refractivity contribution in [3.63, 3.8) is 0 Å². The number of benzene rings is 3. The summed E-state index contributed by atoms with van der Waals surface area (Å²) >= 11 is 5.76. The van der Waals surface area contributed by atoms with E-state index in [9.17, 15) is 4.39 Å². The lowest BCUT2D eigenvalue weighted by Crippen LogP contribution is -1.95. The summed E-state index contributed by atoms with van der Waals surface area (Å²) in [6.45, 7) is 2.89. The van der Waals surface area contributed by atoms with Gasteiger partial charge in [0.1, 0.15) is 11.6 Å². The van der Waals surface area contributed by atoms with Crippen LogP contribution in [0.3, 0.4) is 0 Å². The third-order valence-electron chi connectivity index (χ3n) is 4.11. The van der Waals surface area contributed by atoms with Crippen molar-refractivity contribution in [3.8, 4) is 28.7 Å². The summed E-state index contributed by atoms with van der Waals surface area (Å²) in [5, 5.41) is 0.365. The standard InChI is InChI=1S/C24H20ClFO/c1-2-3-16-27-23-14-11-20(12-15-23)19-7-4-18(5-8-19)6-9-21-10-13-22(25)17-24(21)26/h4-5,7-8,10-15,17H,2-3,16H2,1H3. The first-order valence-corrected chi connectivity index (χ1v) is 9.34. The molecule has 3 rings (SSSR count). The fraction of sp³-hybridized carbons (Fsp3) is 0.167. The second kappa shape index (κ2) is 9.26. The number of unbranched alkanes of at least 4 members (excludes halogenated alkanes) is 1. The molecule has 136 valence electrons. The molecule has 3 aromatic rings. The first-order chi connectivity index (χ1) is 13.2. The van der Waals surface area contributed by atoms with E-state index in [0.717, 1.165) is 41.9 Å². The monoisotopic (exact) mass is 378 g/mol. The minimum Gasteiger partial charge on any atom is -0.494 e. The van der Waals surface area contributed by atoms with Crippen LogP contribution in [0.5, 0.6) is 5.75 Å². The summed E-state index contributed by atoms with van der Waals surface area (Å²) in [6, 6.07) is 20.4. The predicted molar refractivity (Wildman–Crippen MR) is 110 cm³/mol. The van der Waals surface area contributed by atoms with E-state index in [0.29, 0.717) is 10.6 Å². The van der Waals surface area contributed by atoms with Gasteiger partial charge in [0.15, 0.2) is 0 Å². The lowest BCUT2D eigenvalue weighted by atomic mass is 10.0. The molecule has 0 aromatic heterocycles. The van der Waals surface area contributed by atoms with Gasteiger partial charge in [-0.05, 0) is 60.0 Å². The maximum atomic E-state index is 13.8. The van der Waals surface area contributed by atoms with E-state index in [1.807, 2.05) is 48.5 Å². The first kappa shape index (κ1) is 19.0. The summed E-state index contributed by atoms with van der Waals surface area (Å²) in [5.41, 5.74) is 3.37. The zero-order valence-electron chi connectivity index (χ0n) is 15.1. The van der Waals surface area contributed by atoms with Crippen LogP contribution < -0.4 is 4.74 Å². The maximum Gasteiger partial charge on any atom is 0.140 e. The summed E-state index contributed by atoms with van der Waals surface area (Å²) in [5.74, 6) is 6.31. The second-order valence-electron chi connectivity index (χ2n) is 6.18. The molecule has 0 amide bonds. The van der Waals surface area contributed by atoms with E-state index in [-0.39, 0.29) is 0 Å². The quantitative estimate of drug-likeness (QED) is 0.353. The van der Waals surface area contributed by atoms with Gasteiger partial charge in [-0.25, -0.2) is 4.39 Å². The highest BCUT2D eigenvalue weighted by atomic mass is 35.5. The molecule has 0 aliphatic carbocycles. The molecular weight excluding hydrogens is 359 g/mol. The van der Waals surface area contributed by atoms with E-state index in [2.05, 4.69) is 18.8 Å². The van der Waals surface area contributed by atoms with Crippen LogP contribution in [0.15, 0.2) is 66.7 Å². The molecule has 0 heterocycles. The van der Waals surface area contributed by atoms with Crippen molar-refractivity contribution in [1.29, 1.82) is 0 Å². The molecular formula is C24H20ClFO. The van der Waals surface area contributed by atoms with Crippen molar-refractivity contribution in [2.24, 2.45) is 0 Å². The third kappa shape index (κ3) is 5.36. The van der Waals surface area contributed by atoms with Crippen molar-refractivity contribution in [3.05, 3.63) is 88.7 Å². The Morgan fingerprint density at radius 3 is 2.19 bits per heavy atom. The number of hydrogen-bond donors (Lipinski definition) is 0. The predicted octanol–water partition coefficient (Wildman–Crippen LogP) is 6.72. The van der Waals surface area contributed by atoms with E-state index in [1.165, 1.54) is 6.07 Å². The van der Waals surface area contributed by atoms with Gasteiger partial charge >= 0.3 is 0 Å². The van der Waals surface area contributed by atoms with E-state index in [1.54, 1.807) is 12.1 Å². The number of rotatable bonds is 5. The largest absolute Gasteiger partial charge is 0.494 e. The highest BCUT2D eigenvalue weighted by Gasteiger charge is 2.01. The van der Waals surface area contributed by atoms with Gasteiger partial charge in [0, 0.05) is 10.6 Å². The Bertz CT molecular complexity index is 950. The van der Waals surface area contributed by atoms with Crippen LogP contribution in [-0.2, 0) is 0 Å². The van der Waals surface area contributed by atoms with E-state index >= 15 is 0 Å². The minimum absolute atomic E-state index is 0.335. The number of ether oxygens (including phenoxy) is 1. The van der Waals surface area contributed by atoms with Gasteiger partial charge in [-0.2, -0.15) is 0 Å². The topological polar surface area (TPSA) is 9.23 Å².